The summed E-state index contributed by atoms with van der Waals surface area (Å²) < 4.78 is 19.4. The van der Waals surface area contributed by atoms with Gasteiger partial charge in [-0.2, -0.15) is 0 Å². The maximum Gasteiger partial charge on any atom is 0.145 e. The van der Waals surface area contributed by atoms with E-state index in [1.54, 1.807) is 0 Å². The lowest BCUT2D eigenvalue weighted by Crippen LogP contribution is -2.00. The highest BCUT2D eigenvalue weighted by Crippen LogP contribution is 1.73. The topological polar surface area (TPSA) is 60.2 Å². The van der Waals surface area contributed by atoms with Crippen LogP contribution in [0.25, 0.3) is 0 Å². The molecule has 0 aromatic heterocycles. The number of nitrogens with two attached hydrogens (primary N) is 1. The highest BCUT2D eigenvalue weighted by Gasteiger charge is 1.83. The summed E-state index contributed by atoms with van der Waals surface area (Å²) in [6.07, 6.45) is 0. The average molecular weight is 158 g/mol. The first-order chi connectivity index (χ1) is 3.13. The van der Waals surface area contributed by atoms with E-state index in [1.165, 1.54) is 0 Å². The molecule has 0 radical (unpaired) electrons. The van der Waals surface area contributed by atoms with Crippen molar-refractivity contribution >= 4 is 23.1 Å². The first-order valence-corrected chi connectivity index (χ1v) is 3.04. The van der Waals surface area contributed by atoms with Crippen molar-refractivity contribution in [1.82, 2.24) is 0 Å². The molecule has 0 aromatic carbocycles. The zero-order chi connectivity index (χ0) is 5.86. The van der Waals surface area contributed by atoms with E-state index in [4.69, 9.17) is 5.73 Å². The molecule has 0 aromatic rings. The Morgan fingerprint density at radius 2 is 2.00 bits per heavy atom. The van der Waals surface area contributed by atoms with Crippen LogP contribution in [-0.4, -0.2) is 14.2 Å². The molecule has 0 saturated heterocycles. The lowest BCUT2D eigenvalue weighted by atomic mass is 10.6. The van der Waals surface area contributed by atoms with E-state index in [9.17, 15) is 8.42 Å². The van der Waals surface area contributed by atoms with E-state index in [1.807, 2.05) is 0 Å². The van der Waals surface area contributed by atoms with Crippen molar-refractivity contribution in [3.63, 3.8) is 0 Å². The SMILES string of the molecule is C=C(N)C[SH](=O)=O.Cl. The van der Waals surface area contributed by atoms with Crippen LogP contribution in [-0.2, 0) is 10.7 Å². The van der Waals surface area contributed by atoms with Crippen LogP contribution in [0.1, 0.15) is 0 Å². The molecule has 0 bridgehead atoms. The largest absolute Gasteiger partial charge is 0.402 e. The van der Waals surface area contributed by atoms with Crippen molar-refractivity contribution in [2.45, 2.75) is 0 Å². The summed E-state index contributed by atoms with van der Waals surface area (Å²) in [5.41, 5.74) is 5.11. The Morgan fingerprint density at radius 3 is 2.00 bits per heavy atom. The molecule has 8 heavy (non-hydrogen) atoms. The van der Waals surface area contributed by atoms with Crippen LogP contribution in [0.3, 0.4) is 0 Å². The van der Waals surface area contributed by atoms with E-state index < -0.39 is 10.7 Å². The Bertz CT molecular complexity index is 134. The van der Waals surface area contributed by atoms with E-state index in [2.05, 4.69) is 6.58 Å². The van der Waals surface area contributed by atoms with Gasteiger partial charge in [0, 0.05) is 5.70 Å². The van der Waals surface area contributed by atoms with Crippen LogP contribution in [0, 0.1) is 0 Å². The monoisotopic (exact) mass is 157 g/mol. The van der Waals surface area contributed by atoms with E-state index in [0.717, 1.165) is 0 Å². The molecule has 0 fully saturated rings. The van der Waals surface area contributed by atoms with Crippen LogP contribution in [0.15, 0.2) is 12.3 Å². The molecule has 0 unspecified atom stereocenters. The van der Waals surface area contributed by atoms with E-state index in [-0.39, 0.29) is 23.9 Å². The summed E-state index contributed by atoms with van der Waals surface area (Å²) in [6, 6.07) is 0. The van der Waals surface area contributed by atoms with Crippen molar-refractivity contribution in [3.05, 3.63) is 12.3 Å². The third-order valence-electron chi connectivity index (χ3n) is 0.332. The Balaban J connectivity index is 0. The number of hydrogen-bond donors (Lipinski definition) is 2. The Morgan fingerprint density at radius 1 is 1.62 bits per heavy atom. The van der Waals surface area contributed by atoms with Gasteiger partial charge in [0.15, 0.2) is 0 Å². The molecule has 0 rings (SSSR count). The van der Waals surface area contributed by atoms with Crippen molar-refractivity contribution < 1.29 is 8.42 Å². The van der Waals surface area contributed by atoms with Crippen molar-refractivity contribution in [2.24, 2.45) is 5.73 Å². The Labute approximate surface area is 55.9 Å². The average Bonchev–Trinajstić information content (AvgIpc) is 1.27. The molecule has 3 nitrogen and oxygen atoms in total. The molecule has 5 heteroatoms. The summed E-state index contributed by atoms with van der Waals surface area (Å²) in [7, 11) is -2.36. The normalized spacial score (nSPS) is 8.12. The molecule has 0 atom stereocenters. The van der Waals surface area contributed by atoms with Crippen LogP contribution < -0.4 is 5.73 Å². The first-order valence-electron chi connectivity index (χ1n) is 1.68. The van der Waals surface area contributed by atoms with Crippen LogP contribution in [0.5, 0.6) is 0 Å². The van der Waals surface area contributed by atoms with E-state index in [0.29, 0.717) is 0 Å². The second-order valence-electron chi connectivity index (χ2n) is 1.15. The summed E-state index contributed by atoms with van der Waals surface area (Å²) >= 11 is 0. The highest BCUT2D eigenvalue weighted by atomic mass is 35.5. The minimum atomic E-state index is -2.36. The molecule has 0 aliphatic heterocycles. The number of hydrogen-bond acceptors (Lipinski definition) is 3. The predicted molar refractivity (Wildman–Crippen MR) is 35.8 cm³/mol. The van der Waals surface area contributed by atoms with Gasteiger partial charge in [-0.15, -0.1) is 12.4 Å². The fourth-order valence-electron chi connectivity index (χ4n) is 0.166. The van der Waals surface area contributed by atoms with Crippen LogP contribution in [0.4, 0.5) is 0 Å². The second-order valence-corrected chi connectivity index (χ2v) is 2.13. The van der Waals surface area contributed by atoms with Gasteiger partial charge >= 0.3 is 0 Å². The predicted octanol–water partition coefficient (Wildman–Crippen LogP) is -0.508. The molecule has 0 aliphatic rings. The Kier molecular flexibility index (Phi) is 6.59. The second kappa shape index (κ2) is 4.93. The first kappa shape index (κ1) is 10.7. The number of rotatable bonds is 2. The summed E-state index contributed by atoms with van der Waals surface area (Å²) in [4.78, 5) is 0. The zero-order valence-corrected chi connectivity index (χ0v) is 5.87. The maximum atomic E-state index is 9.71. The van der Waals surface area contributed by atoms with Crippen molar-refractivity contribution in [1.29, 1.82) is 0 Å². The fourth-order valence-corrected chi connectivity index (χ4v) is 0.497. The van der Waals surface area contributed by atoms with Crippen LogP contribution >= 0.6 is 12.4 Å². The smallest absolute Gasteiger partial charge is 0.145 e. The van der Waals surface area contributed by atoms with Crippen molar-refractivity contribution in [2.75, 3.05) is 5.75 Å². The van der Waals surface area contributed by atoms with Gasteiger partial charge in [-0.05, 0) is 0 Å². The Hall–Kier alpha value is -0.220. The third-order valence-corrected chi connectivity index (χ3v) is 0.997. The van der Waals surface area contributed by atoms with Gasteiger partial charge in [0.2, 0.25) is 0 Å². The minimum Gasteiger partial charge on any atom is -0.402 e. The molecule has 0 saturated carbocycles. The van der Waals surface area contributed by atoms with Gasteiger partial charge in [0.1, 0.15) is 10.7 Å². The van der Waals surface area contributed by atoms with E-state index >= 15 is 0 Å². The van der Waals surface area contributed by atoms with Gasteiger partial charge < -0.3 is 5.73 Å². The molecule has 0 spiro atoms. The summed E-state index contributed by atoms with van der Waals surface area (Å²) in [5, 5.41) is 0. The summed E-state index contributed by atoms with van der Waals surface area (Å²) in [6.45, 7) is 3.19. The molecular formula is C3H8ClNO2S. The number of thiol groups is 1. The van der Waals surface area contributed by atoms with Gasteiger partial charge in [-0.25, -0.2) is 8.42 Å². The van der Waals surface area contributed by atoms with Gasteiger partial charge in [0.25, 0.3) is 0 Å². The van der Waals surface area contributed by atoms with Gasteiger partial charge in [-0.1, -0.05) is 6.58 Å². The maximum absolute atomic E-state index is 9.71. The summed E-state index contributed by atoms with van der Waals surface area (Å²) in [5.74, 6) is -0.102. The standard InChI is InChI=1S/C3H7NO2S.ClH/c1-3(4)2-7(5)6;/h7H,1-2,4H2;1H. The molecule has 0 amide bonds. The number of halogens is 1. The molecule has 0 aliphatic carbocycles. The molecular weight excluding hydrogens is 150 g/mol. The lowest BCUT2D eigenvalue weighted by Gasteiger charge is -1.83. The minimum absolute atomic E-state index is 0. The van der Waals surface area contributed by atoms with Gasteiger partial charge in [-0.3, -0.25) is 0 Å². The molecule has 50 valence electrons. The molecule has 2 N–H and O–H groups in total. The van der Waals surface area contributed by atoms with Crippen LogP contribution in [0.2, 0.25) is 0 Å². The highest BCUT2D eigenvalue weighted by molar-refractivity contribution is 7.72. The van der Waals surface area contributed by atoms with Gasteiger partial charge in [0.05, 0.1) is 5.75 Å². The quantitative estimate of drug-likeness (QED) is 0.531. The lowest BCUT2D eigenvalue weighted by molar-refractivity contribution is 0.616. The third kappa shape index (κ3) is 9.24. The molecule has 0 heterocycles. The van der Waals surface area contributed by atoms with Crippen molar-refractivity contribution in [3.8, 4) is 0 Å². The fraction of sp³-hybridized carbons (Fsp3) is 0.333. The zero-order valence-electron chi connectivity index (χ0n) is 4.16.